The molecule has 100 valence electrons. The Bertz CT molecular complexity index is 363. The van der Waals surface area contributed by atoms with E-state index in [9.17, 15) is 4.79 Å². The van der Waals surface area contributed by atoms with Crippen LogP contribution in [-0.4, -0.2) is 47.5 Å². The molecule has 18 heavy (non-hydrogen) atoms. The first-order valence-electron chi connectivity index (χ1n) is 6.08. The van der Waals surface area contributed by atoms with E-state index < -0.39 is 0 Å². The molecule has 1 aromatic rings. The van der Waals surface area contributed by atoms with Gasteiger partial charge in [0.2, 0.25) is 11.9 Å². The number of carbonyl (C=O) groups excluding carboxylic acids is 1. The van der Waals surface area contributed by atoms with Crippen molar-refractivity contribution in [3.8, 4) is 5.75 Å². The van der Waals surface area contributed by atoms with Crippen LogP contribution in [0.2, 0.25) is 0 Å². The number of nitrogens with one attached hydrogen (secondary N) is 1. The molecule has 6 nitrogen and oxygen atoms in total. The molecular formula is C12H20N4O2. The van der Waals surface area contributed by atoms with Crippen molar-refractivity contribution in [3.63, 3.8) is 0 Å². The van der Waals surface area contributed by atoms with Crippen LogP contribution in [0.25, 0.3) is 0 Å². The Labute approximate surface area is 107 Å². The van der Waals surface area contributed by atoms with Crippen molar-refractivity contribution in [2.75, 3.05) is 32.1 Å². The number of methoxy groups -OCH3 is 1. The summed E-state index contributed by atoms with van der Waals surface area (Å²) in [7, 11) is 1.56. The zero-order valence-electron chi connectivity index (χ0n) is 11.1. The summed E-state index contributed by atoms with van der Waals surface area (Å²) in [4.78, 5) is 21.6. The van der Waals surface area contributed by atoms with Crippen LogP contribution in [0, 0.1) is 0 Å². The minimum absolute atomic E-state index is 0.140. The molecule has 0 saturated carbocycles. The molecule has 0 aliphatic carbocycles. The molecule has 0 aliphatic rings. The van der Waals surface area contributed by atoms with E-state index in [-0.39, 0.29) is 5.91 Å². The topological polar surface area (TPSA) is 67.4 Å². The summed E-state index contributed by atoms with van der Waals surface area (Å²) in [6, 6.07) is 0. The standard InChI is InChI=1S/C12H20N4O2/c1-4-16(5-2)11(17)6-7-13-12-14-8-10(18-3)9-15-12/h8-9H,4-7H2,1-3H3,(H,13,14,15). The van der Waals surface area contributed by atoms with Gasteiger partial charge in [0.05, 0.1) is 19.5 Å². The Kier molecular flexibility index (Phi) is 5.90. The predicted octanol–water partition coefficient (Wildman–Crippen LogP) is 1.16. The first-order valence-corrected chi connectivity index (χ1v) is 6.08. The van der Waals surface area contributed by atoms with E-state index in [0.717, 1.165) is 13.1 Å². The van der Waals surface area contributed by atoms with Crippen LogP contribution < -0.4 is 10.1 Å². The molecular weight excluding hydrogens is 232 g/mol. The second kappa shape index (κ2) is 7.47. The quantitative estimate of drug-likeness (QED) is 0.788. The molecule has 0 spiro atoms. The van der Waals surface area contributed by atoms with Crippen LogP contribution in [0.5, 0.6) is 5.75 Å². The van der Waals surface area contributed by atoms with Gasteiger partial charge in [-0.15, -0.1) is 0 Å². The van der Waals surface area contributed by atoms with E-state index in [0.29, 0.717) is 24.7 Å². The highest BCUT2D eigenvalue weighted by molar-refractivity contribution is 5.76. The summed E-state index contributed by atoms with van der Waals surface area (Å²) in [5, 5.41) is 3.00. The maximum absolute atomic E-state index is 11.7. The Morgan fingerprint density at radius 3 is 2.44 bits per heavy atom. The van der Waals surface area contributed by atoms with Crippen LogP contribution in [0.1, 0.15) is 20.3 Å². The van der Waals surface area contributed by atoms with Gasteiger partial charge in [0.25, 0.3) is 0 Å². The molecule has 0 atom stereocenters. The van der Waals surface area contributed by atoms with Crippen molar-refractivity contribution in [2.24, 2.45) is 0 Å². The number of aromatic nitrogens is 2. The zero-order valence-corrected chi connectivity index (χ0v) is 11.1. The number of hydrogen-bond acceptors (Lipinski definition) is 5. The fourth-order valence-corrected chi connectivity index (χ4v) is 1.53. The summed E-state index contributed by atoms with van der Waals surface area (Å²) in [6.07, 6.45) is 3.61. The van der Waals surface area contributed by atoms with Crippen LogP contribution >= 0.6 is 0 Å². The van der Waals surface area contributed by atoms with Gasteiger partial charge < -0.3 is 15.0 Å². The van der Waals surface area contributed by atoms with Crippen LogP contribution in [0.4, 0.5) is 5.95 Å². The number of amides is 1. The highest BCUT2D eigenvalue weighted by Crippen LogP contribution is 2.07. The zero-order chi connectivity index (χ0) is 13.4. The molecule has 1 amide bonds. The lowest BCUT2D eigenvalue weighted by Gasteiger charge is -2.18. The molecule has 0 saturated heterocycles. The largest absolute Gasteiger partial charge is 0.494 e. The maximum Gasteiger partial charge on any atom is 0.224 e. The SMILES string of the molecule is CCN(CC)C(=O)CCNc1ncc(OC)cn1. The van der Waals surface area contributed by atoms with Crippen molar-refractivity contribution in [1.82, 2.24) is 14.9 Å². The first kappa shape index (κ1) is 14.2. The van der Waals surface area contributed by atoms with Crippen molar-refractivity contribution in [2.45, 2.75) is 20.3 Å². The van der Waals surface area contributed by atoms with Gasteiger partial charge in [-0.1, -0.05) is 0 Å². The molecule has 1 N–H and O–H groups in total. The highest BCUT2D eigenvalue weighted by atomic mass is 16.5. The molecule has 0 aromatic carbocycles. The molecule has 0 aliphatic heterocycles. The second-order valence-electron chi connectivity index (χ2n) is 3.69. The summed E-state index contributed by atoms with van der Waals surface area (Å²) < 4.78 is 4.96. The average molecular weight is 252 g/mol. The van der Waals surface area contributed by atoms with E-state index in [1.807, 2.05) is 13.8 Å². The van der Waals surface area contributed by atoms with Gasteiger partial charge in [-0.2, -0.15) is 0 Å². The third-order valence-electron chi connectivity index (χ3n) is 2.60. The Hall–Kier alpha value is -1.85. The monoisotopic (exact) mass is 252 g/mol. The molecule has 6 heteroatoms. The van der Waals surface area contributed by atoms with Gasteiger partial charge in [0.1, 0.15) is 0 Å². The molecule has 0 fully saturated rings. The van der Waals surface area contributed by atoms with E-state index in [4.69, 9.17) is 4.74 Å². The molecule has 1 heterocycles. The number of hydrogen-bond donors (Lipinski definition) is 1. The second-order valence-corrected chi connectivity index (χ2v) is 3.69. The van der Waals surface area contributed by atoms with Crippen LogP contribution in [0.15, 0.2) is 12.4 Å². The van der Waals surface area contributed by atoms with Gasteiger partial charge in [0.15, 0.2) is 5.75 Å². The third-order valence-corrected chi connectivity index (χ3v) is 2.60. The number of nitrogens with zero attached hydrogens (tertiary/aromatic N) is 3. The smallest absolute Gasteiger partial charge is 0.224 e. The van der Waals surface area contributed by atoms with Crippen molar-refractivity contribution >= 4 is 11.9 Å². The number of ether oxygens (including phenoxy) is 1. The average Bonchev–Trinajstić information content (AvgIpc) is 2.41. The lowest BCUT2D eigenvalue weighted by Crippen LogP contribution is -2.31. The normalized spacial score (nSPS) is 9.94. The molecule has 0 radical (unpaired) electrons. The van der Waals surface area contributed by atoms with Crippen LogP contribution in [0.3, 0.4) is 0 Å². The summed E-state index contributed by atoms with van der Waals surface area (Å²) >= 11 is 0. The van der Waals surface area contributed by atoms with E-state index >= 15 is 0 Å². The summed E-state index contributed by atoms with van der Waals surface area (Å²) in [5.74, 6) is 1.25. The lowest BCUT2D eigenvalue weighted by atomic mass is 10.3. The first-order chi connectivity index (χ1) is 8.71. The molecule has 0 bridgehead atoms. The lowest BCUT2D eigenvalue weighted by molar-refractivity contribution is -0.130. The van der Waals surface area contributed by atoms with E-state index in [2.05, 4.69) is 15.3 Å². The van der Waals surface area contributed by atoms with E-state index in [1.165, 1.54) is 0 Å². The summed E-state index contributed by atoms with van der Waals surface area (Å²) in [5.41, 5.74) is 0. The van der Waals surface area contributed by atoms with E-state index in [1.54, 1.807) is 24.4 Å². The molecule has 1 aromatic heterocycles. The number of anilines is 1. The molecule has 0 unspecified atom stereocenters. The number of rotatable bonds is 7. The third kappa shape index (κ3) is 4.20. The van der Waals surface area contributed by atoms with Crippen molar-refractivity contribution in [1.29, 1.82) is 0 Å². The van der Waals surface area contributed by atoms with Gasteiger partial charge in [0, 0.05) is 26.1 Å². The molecule has 1 rings (SSSR count). The minimum Gasteiger partial charge on any atom is -0.494 e. The Morgan fingerprint density at radius 2 is 1.94 bits per heavy atom. The fraction of sp³-hybridized carbons (Fsp3) is 0.583. The Balaban J connectivity index is 2.34. The fourth-order valence-electron chi connectivity index (χ4n) is 1.53. The summed E-state index contributed by atoms with van der Waals surface area (Å²) in [6.45, 7) is 5.97. The van der Waals surface area contributed by atoms with Gasteiger partial charge in [-0.25, -0.2) is 9.97 Å². The van der Waals surface area contributed by atoms with Gasteiger partial charge in [-0.05, 0) is 13.8 Å². The predicted molar refractivity (Wildman–Crippen MR) is 69.6 cm³/mol. The Morgan fingerprint density at radius 1 is 1.33 bits per heavy atom. The van der Waals surface area contributed by atoms with Gasteiger partial charge in [-0.3, -0.25) is 4.79 Å². The highest BCUT2D eigenvalue weighted by Gasteiger charge is 2.08. The van der Waals surface area contributed by atoms with Crippen molar-refractivity contribution < 1.29 is 9.53 Å². The van der Waals surface area contributed by atoms with Gasteiger partial charge >= 0.3 is 0 Å². The van der Waals surface area contributed by atoms with Crippen LogP contribution in [-0.2, 0) is 4.79 Å². The number of carbonyl (C=O) groups is 1. The maximum atomic E-state index is 11.7. The van der Waals surface area contributed by atoms with Crippen molar-refractivity contribution in [3.05, 3.63) is 12.4 Å². The minimum atomic E-state index is 0.140.